The Bertz CT molecular complexity index is 464. The molecule has 0 bridgehead atoms. The number of aromatic amines is 1. The molecule has 1 aromatic rings. The molecule has 0 spiro atoms. The van der Waals surface area contributed by atoms with E-state index in [4.69, 9.17) is 12.2 Å². The van der Waals surface area contributed by atoms with Crippen molar-refractivity contribution in [1.29, 1.82) is 0 Å². The molecule has 1 aliphatic carbocycles. The number of H-pyrrole nitrogens is 1. The Kier molecular flexibility index (Phi) is 4.55. The van der Waals surface area contributed by atoms with E-state index in [1.54, 1.807) is 0 Å². The number of hydrogen-bond donors (Lipinski definition) is 1. The van der Waals surface area contributed by atoms with Crippen molar-refractivity contribution >= 4 is 12.2 Å². The predicted octanol–water partition coefficient (Wildman–Crippen LogP) is 4.69. The fourth-order valence-electron chi connectivity index (χ4n) is 3.15. The quantitative estimate of drug-likeness (QED) is 0.802. The maximum absolute atomic E-state index is 5.42. The fourth-order valence-corrected chi connectivity index (χ4v) is 3.55. The molecule has 1 aromatic heterocycles. The van der Waals surface area contributed by atoms with Gasteiger partial charge in [-0.25, -0.2) is 4.98 Å². The molecule has 1 heterocycles. The Morgan fingerprint density at radius 2 is 2.11 bits per heavy atom. The van der Waals surface area contributed by atoms with E-state index in [-0.39, 0.29) is 0 Å². The van der Waals surface area contributed by atoms with Gasteiger partial charge in [-0.1, -0.05) is 45.3 Å². The van der Waals surface area contributed by atoms with Gasteiger partial charge >= 0.3 is 0 Å². The van der Waals surface area contributed by atoms with Gasteiger partial charge in [0.05, 0.1) is 0 Å². The van der Waals surface area contributed by atoms with Gasteiger partial charge in [0, 0.05) is 17.2 Å². The van der Waals surface area contributed by atoms with Crippen molar-refractivity contribution in [2.45, 2.75) is 65.2 Å². The molecule has 18 heavy (non-hydrogen) atoms. The van der Waals surface area contributed by atoms with E-state index < -0.39 is 0 Å². The van der Waals surface area contributed by atoms with Gasteiger partial charge in [-0.3, -0.25) is 0 Å². The zero-order chi connectivity index (χ0) is 13.1. The second-order valence-corrected chi connectivity index (χ2v) is 5.91. The SMILES string of the molecule is CCc1c(C)[nH]c(C2CCCC(CC)C2)nc1=S. The smallest absolute Gasteiger partial charge is 0.133 e. The van der Waals surface area contributed by atoms with Crippen LogP contribution in [-0.2, 0) is 6.42 Å². The third kappa shape index (κ3) is 2.82. The van der Waals surface area contributed by atoms with Crippen LogP contribution in [0.15, 0.2) is 0 Å². The minimum absolute atomic E-state index is 0.593. The zero-order valence-corrected chi connectivity index (χ0v) is 12.6. The largest absolute Gasteiger partial charge is 0.347 e. The van der Waals surface area contributed by atoms with E-state index in [1.165, 1.54) is 43.4 Å². The molecule has 0 aromatic carbocycles. The standard InChI is InChI=1S/C15H24N2S/c1-4-11-7-6-8-12(9-11)14-16-10(3)13(5-2)15(18)17-14/h11-12H,4-9H2,1-3H3,(H,16,17,18). The summed E-state index contributed by atoms with van der Waals surface area (Å²) in [5.41, 5.74) is 2.42. The number of rotatable bonds is 3. The summed E-state index contributed by atoms with van der Waals surface area (Å²) in [4.78, 5) is 8.16. The molecular weight excluding hydrogens is 240 g/mol. The summed E-state index contributed by atoms with van der Waals surface area (Å²) in [6.07, 6.45) is 7.53. The molecule has 100 valence electrons. The summed E-state index contributed by atoms with van der Waals surface area (Å²) in [7, 11) is 0. The van der Waals surface area contributed by atoms with E-state index in [0.29, 0.717) is 5.92 Å². The van der Waals surface area contributed by atoms with Gasteiger partial charge in [0.15, 0.2) is 0 Å². The zero-order valence-electron chi connectivity index (χ0n) is 11.8. The van der Waals surface area contributed by atoms with Crippen molar-refractivity contribution in [1.82, 2.24) is 9.97 Å². The molecule has 2 nitrogen and oxygen atoms in total. The van der Waals surface area contributed by atoms with Gasteiger partial charge in [0.25, 0.3) is 0 Å². The van der Waals surface area contributed by atoms with Crippen LogP contribution in [0.1, 0.15) is 69.0 Å². The molecule has 0 aliphatic heterocycles. The van der Waals surface area contributed by atoms with Crippen LogP contribution in [0.5, 0.6) is 0 Å². The molecule has 2 rings (SSSR count). The molecule has 0 saturated heterocycles. The van der Waals surface area contributed by atoms with Crippen LogP contribution in [0.25, 0.3) is 0 Å². The van der Waals surface area contributed by atoms with Gasteiger partial charge in [-0.2, -0.15) is 0 Å². The molecule has 1 aliphatic rings. The van der Waals surface area contributed by atoms with Crippen LogP contribution >= 0.6 is 12.2 Å². The highest BCUT2D eigenvalue weighted by Gasteiger charge is 2.24. The lowest BCUT2D eigenvalue weighted by molar-refractivity contribution is 0.306. The number of aryl methyl sites for hydroxylation is 1. The minimum Gasteiger partial charge on any atom is -0.347 e. The average molecular weight is 264 g/mol. The first kappa shape index (κ1) is 13.7. The molecule has 0 radical (unpaired) electrons. The number of nitrogens with one attached hydrogen (secondary N) is 1. The van der Waals surface area contributed by atoms with Crippen LogP contribution in [0.2, 0.25) is 0 Å². The Hall–Kier alpha value is -0.700. The van der Waals surface area contributed by atoms with Gasteiger partial charge in [-0.15, -0.1) is 0 Å². The molecule has 1 fully saturated rings. The van der Waals surface area contributed by atoms with E-state index in [0.717, 1.165) is 22.8 Å². The van der Waals surface area contributed by atoms with Crippen LogP contribution in [0, 0.1) is 17.5 Å². The van der Waals surface area contributed by atoms with Crippen molar-refractivity contribution in [2.24, 2.45) is 5.92 Å². The highest BCUT2D eigenvalue weighted by molar-refractivity contribution is 7.71. The van der Waals surface area contributed by atoms with Crippen molar-refractivity contribution in [2.75, 3.05) is 0 Å². The maximum Gasteiger partial charge on any atom is 0.133 e. The summed E-state index contributed by atoms with van der Waals surface area (Å²) in [5.74, 6) is 2.60. The third-order valence-corrected chi connectivity index (χ3v) is 4.69. The van der Waals surface area contributed by atoms with Crippen LogP contribution < -0.4 is 0 Å². The van der Waals surface area contributed by atoms with Crippen molar-refractivity contribution < 1.29 is 0 Å². The van der Waals surface area contributed by atoms with Crippen molar-refractivity contribution in [3.63, 3.8) is 0 Å². The molecule has 1 N–H and O–H groups in total. The molecule has 1 saturated carbocycles. The van der Waals surface area contributed by atoms with Gasteiger partial charge in [0.1, 0.15) is 10.5 Å². The summed E-state index contributed by atoms with van der Waals surface area (Å²) >= 11 is 5.42. The average Bonchev–Trinajstić information content (AvgIpc) is 2.38. The van der Waals surface area contributed by atoms with Crippen molar-refractivity contribution in [3.05, 3.63) is 21.7 Å². The summed E-state index contributed by atoms with van der Waals surface area (Å²) in [6, 6.07) is 0. The first-order valence-corrected chi connectivity index (χ1v) is 7.66. The second kappa shape index (κ2) is 5.96. The minimum atomic E-state index is 0.593. The molecule has 3 heteroatoms. The maximum atomic E-state index is 5.42. The lowest BCUT2D eigenvalue weighted by Crippen LogP contribution is -2.17. The lowest BCUT2D eigenvalue weighted by Gasteiger charge is -2.28. The summed E-state index contributed by atoms with van der Waals surface area (Å²) < 4.78 is 0.808. The first-order chi connectivity index (χ1) is 8.65. The second-order valence-electron chi connectivity index (χ2n) is 5.52. The number of hydrogen-bond acceptors (Lipinski definition) is 2. The van der Waals surface area contributed by atoms with E-state index >= 15 is 0 Å². The fraction of sp³-hybridized carbons (Fsp3) is 0.733. The summed E-state index contributed by atoms with van der Waals surface area (Å²) in [5, 5.41) is 0. The molecular formula is C15H24N2S. The van der Waals surface area contributed by atoms with Crippen LogP contribution in [0.4, 0.5) is 0 Å². The Balaban J connectivity index is 2.26. The first-order valence-electron chi connectivity index (χ1n) is 7.25. The van der Waals surface area contributed by atoms with E-state index in [9.17, 15) is 0 Å². The molecule has 2 atom stereocenters. The van der Waals surface area contributed by atoms with E-state index in [1.807, 2.05) is 0 Å². The van der Waals surface area contributed by atoms with Crippen molar-refractivity contribution in [3.8, 4) is 0 Å². The van der Waals surface area contributed by atoms with Gasteiger partial charge < -0.3 is 4.98 Å². The Labute approximate surface area is 115 Å². The number of aromatic nitrogens is 2. The monoisotopic (exact) mass is 264 g/mol. The normalized spacial score (nSPS) is 24.2. The predicted molar refractivity (Wildman–Crippen MR) is 78.5 cm³/mol. The Morgan fingerprint density at radius 1 is 1.33 bits per heavy atom. The highest BCUT2D eigenvalue weighted by Crippen LogP contribution is 2.36. The molecule has 0 amide bonds. The number of nitrogens with zero attached hydrogens (tertiary/aromatic N) is 1. The van der Waals surface area contributed by atoms with Gasteiger partial charge in [-0.05, 0) is 32.1 Å². The van der Waals surface area contributed by atoms with E-state index in [2.05, 4.69) is 30.7 Å². The Morgan fingerprint density at radius 3 is 2.72 bits per heavy atom. The highest BCUT2D eigenvalue weighted by atomic mass is 32.1. The summed E-state index contributed by atoms with van der Waals surface area (Å²) in [6.45, 7) is 6.56. The topological polar surface area (TPSA) is 28.7 Å². The lowest BCUT2D eigenvalue weighted by atomic mass is 9.80. The van der Waals surface area contributed by atoms with Gasteiger partial charge in [0.2, 0.25) is 0 Å². The van der Waals surface area contributed by atoms with Crippen LogP contribution in [-0.4, -0.2) is 9.97 Å². The third-order valence-electron chi connectivity index (χ3n) is 4.35. The van der Waals surface area contributed by atoms with Crippen LogP contribution in [0.3, 0.4) is 0 Å². The molecule has 2 unspecified atom stereocenters.